The number of thiophene rings is 1. The van der Waals surface area contributed by atoms with Gasteiger partial charge in [0.05, 0.1) is 15.9 Å². The molecule has 4 aromatic heterocycles. The van der Waals surface area contributed by atoms with Crippen LogP contribution in [0, 0.1) is 0 Å². The first kappa shape index (κ1) is 16.9. The summed E-state index contributed by atoms with van der Waals surface area (Å²) < 4.78 is 1.54. The summed E-state index contributed by atoms with van der Waals surface area (Å²) in [5, 5.41) is 4.79. The minimum absolute atomic E-state index is 0.149. The van der Waals surface area contributed by atoms with Crippen LogP contribution in [0.25, 0.3) is 39.4 Å². The average molecular weight is 405 g/mol. The van der Waals surface area contributed by atoms with E-state index >= 15 is 0 Å². The van der Waals surface area contributed by atoms with Crippen LogP contribution in [0.2, 0.25) is 5.02 Å². The van der Waals surface area contributed by atoms with Crippen molar-refractivity contribution in [3.63, 3.8) is 0 Å². The monoisotopic (exact) mass is 404 g/mol. The normalized spacial score (nSPS) is 11.2. The van der Waals surface area contributed by atoms with Crippen molar-refractivity contribution >= 4 is 33.8 Å². The lowest BCUT2D eigenvalue weighted by molar-refractivity contribution is 0.933. The van der Waals surface area contributed by atoms with Gasteiger partial charge < -0.3 is 4.98 Å². The average Bonchev–Trinajstić information content (AvgIpc) is 3.41. The lowest BCUT2D eigenvalue weighted by Crippen LogP contribution is -2.22. The second-order valence-corrected chi connectivity index (χ2v) is 7.42. The van der Waals surface area contributed by atoms with E-state index in [2.05, 4.69) is 9.97 Å². The SMILES string of the molecule is O=c1c2cscc2nc(-c2ccc(-c3ccc[nH]3)cc2)n1-c1ccc(Cl)cn1. The van der Waals surface area contributed by atoms with Crippen LogP contribution >= 0.6 is 22.9 Å². The molecular weight excluding hydrogens is 392 g/mol. The van der Waals surface area contributed by atoms with E-state index in [4.69, 9.17) is 16.6 Å². The van der Waals surface area contributed by atoms with E-state index in [1.54, 1.807) is 12.1 Å². The number of pyridine rings is 1. The largest absolute Gasteiger partial charge is 0.361 e. The van der Waals surface area contributed by atoms with Crippen LogP contribution in [0.3, 0.4) is 0 Å². The third kappa shape index (κ3) is 2.83. The number of hydrogen-bond acceptors (Lipinski definition) is 4. The molecule has 5 rings (SSSR count). The van der Waals surface area contributed by atoms with Crippen LogP contribution < -0.4 is 5.56 Å². The Balaban J connectivity index is 1.73. The standard InChI is InChI=1S/C21H13ClN4OS/c22-15-7-8-19(24-10-15)26-20(25-18-12-28-11-16(18)21(26)27)14-5-3-13(4-6-14)17-2-1-9-23-17/h1-12,23H. The molecule has 0 bridgehead atoms. The highest BCUT2D eigenvalue weighted by molar-refractivity contribution is 7.09. The summed E-state index contributed by atoms with van der Waals surface area (Å²) >= 11 is 7.43. The van der Waals surface area contributed by atoms with Crippen molar-refractivity contribution in [2.24, 2.45) is 0 Å². The van der Waals surface area contributed by atoms with Crippen molar-refractivity contribution in [1.82, 2.24) is 19.5 Å². The fourth-order valence-electron chi connectivity index (χ4n) is 3.13. The first-order valence-electron chi connectivity index (χ1n) is 8.56. The van der Waals surface area contributed by atoms with Gasteiger partial charge in [0.1, 0.15) is 11.6 Å². The molecule has 0 atom stereocenters. The first-order valence-corrected chi connectivity index (χ1v) is 9.88. The predicted molar refractivity (Wildman–Crippen MR) is 113 cm³/mol. The highest BCUT2D eigenvalue weighted by atomic mass is 35.5. The third-order valence-electron chi connectivity index (χ3n) is 4.51. The van der Waals surface area contributed by atoms with Crippen LogP contribution in [-0.2, 0) is 0 Å². The van der Waals surface area contributed by atoms with Crippen molar-refractivity contribution in [2.75, 3.05) is 0 Å². The zero-order valence-electron chi connectivity index (χ0n) is 14.5. The molecule has 5 aromatic rings. The Hall–Kier alpha value is -3.22. The van der Waals surface area contributed by atoms with E-state index in [0.717, 1.165) is 16.8 Å². The summed E-state index contributed by atoms with van der Waals surface area (Å²) in [5.74, 6) is 1.03. The van der Waals surface area contributed by atoms with Gasteiger partial charge in [-0.3, -0.25) is 4.79 Å². The molecule has 0 aliphatic carbocycles. The minimum Gasteiger partial charge on any atom is -0.361 e. The van der Waals surface area contributed by atoms with Crippen molar-refractivity contribution in [3.05, 3.63) is 87.1 Å². The Labute approximate surface area is 168 Å². The van der Waals surface area contributed by atoms with E-state index in [1.807, 2.05) is 53.4 Å². The number of nitrogens with one attached hydrogen (secondary N) is 1. The first-order chi connectivity index (χ1) is 13.7. The molecule has 0 aliphatic rings. The van der Waals surface area contributed by atoms with Gasteiger partial charge in [-0.1, -0.05) is 35.9 Å². The van der Waals surface area contributed by atoms with Gasteiger partial charge in [0, 0.05) is 34.4 Å². The number of fused-ring (bicyclic) bond motifs is 1. The topological polar surface area (TPSA) is 63.6 Å². The fraction of sp³-hybridized carbons (Fsp3) is 0. The summed E-state index contributed by atoms with van der Waals surface area (Å²) in [6.45, 7) is 0. The molecule has 1 N–H and O–H groups in total. The van der Waals surface area contributed by atoms with Crippen LogP contribution in [-0.4, -0.2) is 19.5 Å². The lowest BCUT2D eigenvalue weighted by atomic mass is 10.1. The number of aromatic nitrogens is 4. The van der Waals surface area contributed by atoms with Gasteiger partial charge in [0.15, 0.2) is 0 Å². The van der Waals surface area contributed by atoms with Crippen LogP contribution in [0.1, 0.15) is 0 Å². The smallest absolute Gasteiger partial charge is 0.268 e. The van der Waals surface area contributed by atoms with Gasteiger partial charge in [-0.15, -0.1) is 11.3 Å². The van der Waals surface area contributed by atoms with Crippen LogP contribution in [0.5, 0.6) is 0 Å². The Morgan fingerprint density at radius 2 is 1.82 bits per heavy atom. The van der Waals surface area contributed by atoms with E-state index in [1.165, 1.54) is 22.1 Å². The second kappa shape index (κ2) is 6.74. The van der Waals surface area contributed by atoms with Crippen molar-refractivity contribution in [2.45, 2.75) is 0 Å². The molecule has 5 nitrogen and oxygen atoms in total. The highest BCUT2D eigenvalue weighted by Crippen LogP contribution is 2.26. The van der Waals surface area contributed by atoms with E-state index in [0.29, 0.717) is 27.6 Å². The Morgan fingerprint density at radius 1 is 1.00 bits per heavy atom. The molecule has 0 saturated heterocycles. The van der Waals surface area contributed by atoms with E-state index in [-0.39, 0.29) is 5.56 Å². The van der Waals surface area contributed by atoms with Gasteiger partial charge in [-0.2, -0.15) is 0 Å². The van der Waals surface area contributed by atoms with E-state index < -0.39 is 0 Å². The summed E-state index contributed by atoms with van der Waals surface area (Å²) in [6.07, 6.45) is 3.42. The lowest BCUT2D eigenvalue weighted by Gasteiger charge is -2.12. The predicted octanol–water partition coefficient (Wildman–Crippen LogP) is 5.16. The van der Waals surface area contributed by atoms with Gasteiger partial charge in [0.25, 0.3) is 5.56 Å². The molecule has 28 heavy (non-hydrogen) atoms. The maximum Gasteiger partial charge on any atom is 0.268 e. The number of aromatic amines is 1. The molecule has 0 unspecified atom stereocenters. The van der Waals surface area contributed by atoms with Crippen LogP contribution in [0.4, 0.5) is 0 Å². The minimum atomic E-state index is -0.149. The highest BCUT2D eigenvalue weighted by Gasteiger charge is 2.16. The number of benzene rings is 1. The molecule has 4 heterocycles. The van der Waals surface area contributed by atoms with Crippen molar-refractivity contribution in [1.29, 1.82) is 0 Å². The number of halogens is 1. The molecule has 1 aromatic carbocycles. The zero-order valence-corrected chi connectivity index (χ0v) is 16.0. The molecule has 0 amide bonds. The Bertz CT molecular complexity index is 1320. The molecular formula is C21H13ClN4OS. The molecule has 0 aliphatic heterocycles. The number of rotatable bonds is 3. The second-order valence-electron chi connectivity index (χ2n) is 6.24. The molecule has 0 saturated carbocycles. The fourth-order valence-corrected chi connectivity index (χ4v) is 3.98. The van der Waals surface area contributed by atoms with Gasteiger partial charge in [0.2, 0.25) is 0 Å². The summed E-state index contributed by atoms with van der Waals surface area (Å²) in [5.41, 5.74) is 3.46. The van der Waals surface area contributed by atoms with Gasteiger partial charge in [-0.25, -0.2) is 14.5 Å². The van der Waals surface area contributed by atoms with Crippen molar-refractivity contribution in [3.8, 4) is 28.5 Å². The maximum atomic E-state index is 13.2. The van der Waals surface area contributed by atoms with Gasteiger partial charge in [-0.05, 0) is 29.8 Å². The molecule has 0 spiro atoms. The summed E-state index contributed by atoms with van der Waals surface area (Å²) in [4.78, 5) is 25.5. The Morgan fingerprint density at radius 3 is 2.54 bits per heavy atom. The number of hydrogen-bond donors (Lipinski definition) is 1. The third-order valence-corrected chi connectivity index (χ3v) is 5.46. The maximum absolute atomic E-state index is 13.2. The van der Waals surface area contributed by atoms with E-state index in [9.17, 15) is 4.79 Å². The molecule has 0 fully saturated rings. The number of H-pyrrole nitrogens is 1. The summed E-state index contributed by atoms with van der Waals surface area (Å²) in [7, 11) is 0. The molecule has 0 radical (unpaired) electrons. The van der Waals surface area contributed by atoms with Gasteiger partial charge >= 0.3 is 0 Å². The summed E-state index contributed by atoms with van der Waals surface area (Å²) in [6, 6.07) is 15.3. The molecule has 7 heteroatoms. The van der Waals surface area contributed by atoms with Crippen molar-refractivity contribution < 1.29 is 0 Å². The zero-order chi connectivity index (χ0) is 19.1. The Kier molecular flexibility index (Phi) is 4.07. The number of nitrogens with zero attached hydrogens (tertiary/aromatic N) is 3. The quantitative estimate of drug-likeness (QED) is 0.452. The molecule has 136 valence electrons. The van der Waals surface area contributed by atoms with Crippen LogP contribution in [0.15, 0.2) is 76.5 Å².